The number of nitriles is 1. The maximum atomic E-state index is 12.4. The molecule has 0 unspecified atom stereocenters. The number of likely N-dealkylation sites (tertiary alicyclic amines) is 1. The van der Waals surface area contributed by atoms with Gasteiger partial charge in [-0.15, -0.1) is 0 Å². The summed E-state index contributed by atoms with van der Waals surface area (Å²) in [5.41, 5.74) is 0.442. The van der Waals surface area contributed by atoms with E-state index in [9.17, 15) is 14.9 Å². The predicted octanol–water partition coefficient (Wildman–Crippen LogP) is 3.19. The molecule has 0 N–H and O–H groups in total. The summed E-state index contributed by atoms with van der Waals surface area (Å²) in [5, 5.41) is 9.39. The minimum Gasteiger partial charge on any atom is -0.326 e. The van der Waals surface area contributed by atoms with Crippen LogP contribution in [0.4, 0.5) is 0 Å². The van der Waals surface area contributed by atoms with Crippen LogP contribution in [0.2, 0.25) is 0 Å². The first-order valence-electron chi connectivity index (χ1n) is 7.73. The van der Waals surface area contributed by atoms with Crippen molar-refractivity contribution in [3.8, 4) is 6.07 Å². The molecule has 1 atom stereocenters. The fraction of sp³-hybridized carbons (Fsp3) is 0.500. The molecule has 1 heterocycles. The molecular weight excluding hydrogens is 276 g/mol. The standard InChI is InChI=1S/C18H22N2O2/c1-18(2)11-6-12-20(16(18)13-19)17(22)10-9-15(21)14-7-4-3-5-8-14/h3-5,7-8,16H,6,9-12H2,1-2H3/t16-/m1/s1. The molecule has 1 fully saturated rings. The molecule has 1 aromatic carbocycles. The van der Waals surface area contributed by atoms with Crippen LogP contribution in [0.15, 0.2) is 30.3 Å². The average molecular weight is 298 g/mol. The quantitative estimate of drug-likeness (QED) is 0.802. The predicted molar refractivity (Wildman–Crippen MR) is 84.1 cm³/mol. The SMILES string of the molecule is CC1(C)CCCN(C(=O)CCC(=O)c2ccccc2)[C@@H]1C#N. The van der Waals surface area contributed by atoms with Gasteiger partial charge in [-0.05, 0) is 18.3 Å². The highest BCUT2D eigenvalue weighted by atomic mass is 16.2. The van der Waals surface area contributed by atoms with Gasteiger partial charge in [0.1, 0.15) is 6.04 Å². The Bertz CT molecular complexity index is 587. The fourth-order valence-corrected chi connectivity index (χ4v) is 3.04. The van der Waals surface area contributed by atoms with E-state index in [4.69, 9.17) is 0 Å². The molecule has 4 heteroatoms. The molecule has 4 nitrogen and oxygen atoms in total. The van der Waals surface area contributed by atoms with Crippen molar-refractivity contribution < 1.29 is 9.59 Å². The van der Waals surface area contributed by atoms with Crippen LogP contribution in [0.5, 0.6) is 0 Å². The Morgan fingerprint density at radius 2 is 1.95 bits per heavy atom. The monoisotopic (exact) mass is 298 g/mol. The molecule has 2 rings (SSSR count). The van der Waals surface area contributed by atoms with E-state index in [0.717, 1.165) is 12.8 Å². The lowest BCUT2D eigenvalue weighted by atomic mass is 9.77. The lowest BCUT2D eigenvalue weighted by Crippen LogP contribution is -2.51. The maximum Gasteiger partial charge on any atom is 0.224 e. The van der Waals surface area contributed by atoms with Crippen LogP contribution in [0.1, 0.15) is 49.9 Å². The molecule has 22 heavy (non-hydrogen) atoms. The van der Waals surface area contributed by atoms with Gasteiger partial charge in [0.25, 0.3) is 0 Å². The maximum absolute atomic E-state index is 12.4. The average Bonchev–Trinajstić information content (AvgIpc) is 2.52. The van der Waals surface area contributed by atoms with Gasteiger partial charge in [0.15, 0.2) is 5.78 Å². The summed E-state index contributed by atoms with van der Waals surface area (Å²) in [5.74, 6) is -0.123. The molecular formula is C18H22N2O2. The highest BCUT2D eigenvalue weighted by Gasteiger charge is 2.39. The number of ketones is 1. The molecule has 1 aromatic rings. The van der Waals surface area contributed by atoms with Crippen molar-refractivity contribution in [1.82, 2.24) is 4.90 Å². The number of benzene rings is 1. The van der Waals surface area contributed by atoms with Gasteiger partial charge in [0.2, 0.25) is 5.91 Å². The molecule has 116 valence electrons. The van der Waals surface area contributed by atoms with Crippen molar-refractivity contribution in [2.45, 2.75) is 45.6 Å². The van der Waals surface area contributed by atoms with E-state index >= 15 is 0 Å². The van der Waals surface area contributed by atoms with E-state index in [0.29, 0.717) is 12.1 Å². The van der Waals surface area contributed by atoms with Crippen LogP contribution in [0.3, 0.4) is 0 Å². The van der Waals surface area contributed by atoms with E-state index in [1.165, 1.54) is 0 Å². The molecule has 0 aliphatic carbocycles. The summed E-state index contributed by atoms with van der Waals surface area (Å²) in [6, 6.07) is 10.9. The Morgan fingerprint density at radius 3 is 2.59 bits per heavy atom. The third kappa shape index (κ3) is 3.54. The van der Waals surface area contributed by atoms with Gasteiger partial charge in [0, 0.05) is 24.9 Å². The first kappa shape index (κ1) is 16.2. The van der Waals surface area contributed by atoms with Crippen molar-refractivity contribution in [3.05, 3.63) is 35.9 Å². The molecule has 1 aliphatic rings. The molecule has 1 aliphatic heterocycles. The number of Topliss-reactive ketones (excluding diaryl/α,β-unsaturated/α-hetero) is 1. The number of hydrogen-bond acceptors (Lipinski definition) is 3. The number of rotatable bonds is 4. The van der Waals surface area contributed by atoms with E-state index in [1.54, 1.807) is 17.0 Å². The van der Waals surface area contributed by atoms with Crippen LogP contribution < -0.4 is 0 Å². The van der Waals surface area contributed by atoms with Gasteiger partial charge in [-0.25, -0.2) is 0 Å². The van der Waals surface area contributed by atoms with E-state index < -0.39 is 6.04 Å². The van der Waals surface area contributed by atoms with Gasteiger partial charge < -0.3 is 4.90 Å². The van der Waals surface area contributed by atoms with E-state index in [-0.39, 0.29) is 29.9 Å². The van der Waals surface area contributed by atoms with Crippen molar-refractivity contribution in [3.63, 3.8) is 0 Å². The zero-order valence-electron chi connectivity index (χ0n) is 13.2. The molecule has 1 saturated heterocycles. The number of hydrogen-bond donors (Lipinski definition) is 0. The van der Waals surface area contributed by atoms with Crippen LogP contribution in [0.25, 0.3) is 0 Å². The summed E-state index contributed by atoms with van der Waals surface area (Å²) in [6.07, 6.45) is 2.21. The van der Waals surface area contributed by atoms with Gasteiger partial charge in [-0.1, -0.05) is 44.2 Å². The summed E-state index contributed by atoms with van der Waals surface area (Å²) >= 11 is 0. The Kier molecular flexibility index (Phi) is 4.97. The number of piperidine rings is 1. The molecule has 1 amide bonds. The van der Waals surface area contributed by atoms with Gasteiger partial charge in [-0.3, -0.25) is 9.59 Å². The summed E-state index contributed by atoms with van der Waals surface area (Å²) < 4.78 is 0. The second kappa shape index (κ2) is 6.74. The highest BCUT2D eigenvalue weighted by molar-refractivity contribution is 5.97. The van der Waals surface area contributed by atoms with E-state index in [2.05, 4.69) is 6.07 Å². The van der Waals surface area contributed by atoms with Crippen molar-refractivity contribution >= 4 is 11.7 Å². The second-order valence-corrected chi connectivity index (χ2v) is 6.50. The van der Waals surface area contributed by atoms with Gasteiger partial charge >= 0.3 is 0 Å². The molecule has 0 bridgehead atoms. The summed E-state index contributed by atoms with van der Waals surface area (Å²) in [7, 11) is 0. The zero-order valence-corrected chi connectivity index (χ0v) is 13.2. The Hall–Kier alpha value is -2.15. The van der Waals surface area contributed by atoms with Crippen molar-refractivity contribution in [2.75, 3.05) is 6.54 Å². The van der Waals surface area contributed by atoms with Crippen LogP contribution in [-0.4, -0.2) is 29.2 Å². The zero-order chi connectivity index (χ0) is 16.2. The minimum atomic E-state index is -0.402. The number of carbonyl (C=O) groups is 2. The fourth-order valence-electron chi connectivity index (χ4n) is 3.04. The van der Waals surface area contributed by atoms with Gasteiger partial charge in [-0.2, -0.15) is 5.26 Å². The van der Waals surface area contributed by atoms with Crippen LogP contribution in [0, 0.1) is 16.7 Å². The van der Waals surface area contributed by atoms with Crippen LogP contribution >= 0.6 is 0 Å². The molecule has 0 spiro atoms. The van der Waals surface area contributed by atoms with E-state index in [1.807, 2.05) is 32.0 Å². The lowest BCUT2D eigenvalue weighted by molar-refractivity contribution is -0.136. The Labute approximate surface area is 131 Å². The lowest BCUT2D eigenvalue weighted by Gasteiger charge is -2.42. The number of nitrogens with zero attached hydrogens (tertiary/aromatic N) is 2. The Morgan fingerprint density at radius 1 is 1.27 bits per heavy atom. The summed E-state index contributed by atoms with van der Waals surface area (Å²) in [4.78, 5) is 26.1. The number of carbonyl (C=O) groups excluding carboxylic acids is 2. The Balaban J connectivity index is 1.97. The van der Waals surface area contributed by atoms with Crippen molar-refractivity contribution in [2.24, 2.45) is 5.41 Å². The first-order valence-corrected chi connectivity index (χ1v) is 7.73. The number of amides is 1. The highest BCUT2D eigenvalue weighted by Crippen LogP contribution is 2.35. The molecule has 0 saturated carbocycles. The smallest absolute Gasteiger partial charge is 0.224 e. The molecule has 0 aromatic heterocycles. The van der Waals surface area contributed by atoms with Crippen molar-refractivity contribution in [1.29, 1.82) is 5.26 Å². The first-order chi connectivity index (χ1) is 10.5. The molecule has 0 radical (unpaired) electrons. The summed E-state index contributed by atoms with van der Waals surface area (Å²) in [6.45, 7) is 4.66. The third-order valence-corrected chi connectivity index (χ3v) is 4.38. The third-order valence-electron chi connectivity index (χ3n) is 4.38. The second-order valence-electron chi connectivity index (χ2n) is 6.50. The van der Waals surface area contributed by atoms with Crippen LogP contribution in [-0.2, 0) is 4.79 Å². The van der Waals surface area contributed by atoms with Gasteiger partial charge in [0.05, 0.1) is 6.07 Å². The topological polar surface area (TPSA) is 61.2 Å². The largest absolute Gasteiger partial charge is 0.326 e. The minimum absolute atomic E-state index is 0.0290. The normalized spacial score (nSPS) is 20.2.